The molecule has 0 spiro atoms. The van der Waals surface area contributed by atoms with Crippen LogP contribution in [0.1, 0.15) is 25.0 Å². The van der Waals surface area contributed by atoms with Crippen LogP contribution >= 0.6 is 0 Å². The van der Waals surface area contributed by atoms with Crippen molar-refractivity contribution in [3.05, 3.63) is 53.6 Å². The number of amides is 2. The van der Waals surface area contributed by atoms with Crippen molar-refractivity contribution in [2.45, 2.75) is 26.9 Å². The molecule has 0 saturated carbocycles. The van der Waals surface area contributed by atoms with Crippen molar-refractivity contribution >= 4 is 28.9 Å². The molecule has 2 rings (SSSR count). The molecule has 0 radical (unpaired) electrons. The number of benzene rings is 2. The third-order valence-electron chi connectivity index (χ3n) is 4.26. The second kappa shape index (κ2) is 8.77. The molecule has 0 bridgehead atoms. The van der Waals surface area contributed by atoms with Crippen LogP contribution in [-0.4, -0.2) is 24.9 Å². The lowest BCUT2D eigenvalue weighted by molar-refractivity contribution is -0.137. The summed E-state index contributed by atoms with van der Waals surface area (Å²) < 4.78 is 37.7. The number of alkyl halides is 3. The van der Waals surface area contributed by atoms with Gasteiger partial charge in [0.25, 0.3) is 0 Å². The van der Waals surface area contributed by atoms with Gasteiger partial charge in [0, 0.05) is 30.2 Å². The Labute approximate surface area is 161 Å². The first-order valence-corrected chi connectivity index (χ1v) is 8.80. The summed E-state index contributed by atoms with van der Waals surface area (Å²) in [6.07, 6.45) is -4.46. The topological polar surface area (TPSA) is 61.4 Å². The molecule has 2 amide bonds. The number of rotatable bonds is 5. The average molecular weight is 393 g/mol. The minimum atomic E-state index is -4.46. The summed E-state index contributed by atoms with van der Waals surface area (Å²) in [6, 6.07) is 9.34. The number of hydrogen-bond acceptors (Lipinski definition) is 3. The maximum atomic E-state index is 12.6. The molecule has 0 aliphatic heterocycles. The number of carbonyl (C=O) groups is 2. The Morgan fingerprint density at radius 2 is 1.50 bits per heavy atom. The monoisotopic (exact) mass is 393 g/mol. The van der Waals surface area contributed by atoms with E-state index in [2.05, 4.69) is 15.5 Å². The Balaban J connectivity index is 2.03. The maximum Gasteiger partial charge on any atom is 0.416 e. The van der Waals surface area contributed by atoms with Crippen LogP contribution in [0, 0.1) is 6.92 Å². The van der Waals surface area contributed by atoms with Gasteiger partial charge in [-0.3, -0.25) is 9.59 Å². The molecule has 0 aliphatic rings. The largest absolute Gasteiger partial charge is 0.416 e. The summed E-state index contributed by atoms with van der Waals surface area (Å²) in [7, 11) is 0. The lowest BCUT2D eigenvalue weighted by Crippen LogP contribution is -2.29. The van der Waals surface area contributed by atoms with Crippen molar-refractivity contribution in [3.63, 3.8) is 0 Å². The third-order valence-corrected chi connectivity index (χ3v) is 4.26. The van der Waals surface area contributed by atoms with E-state index in [1.54, 1.807) is 6.07 Å². The summed E-state index contributed by atoms with van der Waals surface area (Å²) in [5.41, 5.74) is 1.55. The standard InChI is InChI=1S/C20H22F3N3O2/c1-4-26(5-2)16-10-11-17(13(3)12-16)25-19(28)18(27)24-15-8-6-14(7-9-15)20(21,22)23/h6-12H,4-5H2,1-3H3,(H,24,27)(H,25,28). The predicted molar refractivity (Wildman–Crippen MR) is 103 cm³/mol. The lowest BCUT2D eigenvalue weighted by Gasteiger charge is -2.22. The number of aryl methyl sites for hydroxylation is 1. The SMILES string of the molecule is CCN(CC)c1ccc(NC(=O)C(=O)Nc2ccc(C(F)(F)F)cc2)c(C)c1. The van der Waals surface area contributed by atoms with Crippen molar-refractivity contribution < 1.29 is 22.8 Å². The van der Waals surface area contributed by atoms with Gasteiger partial charge in [0.15, 0.2) is 0 Å². The van der Waals surface area contributed by atoms with Gasteiger partial charge in [0.1, 0.15) is 0 Å². The van der Waals surface area contributed by atoms with E-state index >= 15 is 0 Å². The molecule has 5 nitrogen and oxygen atoms in total. The quantitative estimate of drug-likeness (QED) is 0.739. The highest BCUT2D eigenvalue weighted by Gasteiger charge is 2.30. The first-order valence-electron chi connectivity index (χ1n) is 8.80. The van der Waals surface area contributed by atoms with Gasteiger partial charge in [-0.1, -0.05) is 0 Å². The second-order valence-corrected chi connectivity index (χ2v) is 6.15. The number of nitrogens with zero attached hydrogens (tertiary/aromatic N) is 1. The smallest absolute Gasteiger partial charge is 0.372 e. The highest BCUT2D eigenvalue weighted by atomic mass is 19.4. The zero-order valence-electron chi connectivity index (χ0n) is 15.9. The molecule has 28 heavy (non-hydrogen) atoms. The number of anilines is 3. The van der Waals surface area contributed by atoms with E-state index in [1.807, 2.05) is 32.9 Å². The van der Waals surface area contributed by atoms with E-state index in [9.17, 15) is 22.8 Å². The van der Waals surface area contributed by atoms with Gasteiger partial charge in [0.05, 0.1) is 5.56 Å². The van der Waals surface area contributed by atoms with Gasteiger partial charge in [-0.25, -0.2) is 0 Å². The Bertz CT molecular complexity index is 845. The van der Waals surface area contributed by atoms with Crippen LogP contribution < -0.4 is 15.5 Å². The van der Waals surface area contributed by atoms with Gasteiger partial charge in [-0.05, 0) is 68.8 Å². The van der Waals surface area contributed by atoms with Crippen molar-refractivity contribution in [2.24, 2.45) is 0 Å². The fourth-order valence-corrected chi connectivity index (χ4v) is 2.68. The fraction of sp³-hybridized carbons (Fsp3) is 0.300. The summed E-state index contributed by atoms with van der Waals surface area (Å²) >= 11 is 0. The highest BCUT2D eigenvalue weighted by Crippen LogP contribution is 2.29. The summed E-state index contributed by atoms with van der Waals surface area (Å²) in [6.45, 7) is 7.59. The zero-order chi connectivity index (χ0) is 20.9. The Morgan fingerprint density at radius 1 is 0.929 bits per heavy atom. The molecule has 2 aromatic rings. The maximum absolute atomic E-state index is 12.6. The second-order valence-electron chi connectivity index (χ2n) is 6.15. The van der Waals surface area contributed by atoms with Crippen molar-refractivity contribution in [2.75, 3.05) is 28.6 Å². The molecule has 0 fully saturated rings. The van der Waals surface area contributed by atoms with E-state index in [1.165, 1.54) is 0 Å². The van der Waals surface area contributed by atoms with E-state index in [0.717, 1.165) is 48.6 Å². The summed E-state index contributed by atoms with van der Waals surface area (Å²) in [4.78, 5) is 26.3. The number of hydrogen-bond donors (Lipinski definition) is 2. The molecule has 2 N–H and O–H groups in total. The van der Waals surface area contributed by atoms with Crippen LogP contribution in [-0.2, 0) is 15.8 Å². The molecule has 0 unspecified atom stereocenters. The van der Waals surface area contributed by atoms with E-state index in [4.69, 9.17) is 0 Å². The number of carbonyl (C=O) groups excluding carboxylic acids is 2. The zero-order valence-corrected chi connectivity index (χ0v) is 15.9. The molecule has 0 aromatic heterocycles. The number of halogens is 3. The molecule has 0 heterocycles. The molecule has 0 atom stereocenters. The van der Waals surface area contributed by atoms with Crippen LogP contribution in [0.15, 0.2) is 42.5 Å². The molecule has 0 saturated heterocycles. The predicted octanol–water partition coefficient (Wildman–Crippen LogP) is 4.44. The van der Waals surface area contributed by atoms with Gasteiger partial charge >= 0.3 is 18.0 Å². The van der Waals surface area contributed by atoms with Crippen molar-refractivity contribution in [1.82, 2.24) is 0 Å². The Morgan fingerprint density at radius 3 is 2.00 bits per heavy atom. The first kappa shape index (κ1) is 21.3. The fourth-order valence-electron chi connectivity index (χ4n) is 2.68. The van der Waals surface area contributed by atoms with Crippen LogP contribution in [0.2, 0.25) is 0 Å². The van der Waals surface area contributed by atoms with E-state index < -0.39 is 23.6 Å². The molecule has 2 aromatic carbocycles. The molecular weight excluding hydrogens is 371 g/mol. The average Bonchev–Trinajstić information content (AvgIpc) is 2.64. The Kier molecular flexibility index (Phi) is 6.66. The van der Waals surface area contributed by atoms with Gasteiger partial charge in [0.2, 0.25) is 0 Å². The van der Waals surface area contributed by atoms with Crippen LogP contribution in [0.25, 0.3) is 0 Å². The molecule has 0 aliphatic carbocycles. The van der Waals surface area contributed by atoms with Crippen LogP contribution in [0.3, 0.4) is 0 Å². The number of nitrogens with one attached hydrogen (secondary N) is 2. The minimum absolute atomic E-state index is 0.0988. The summed E-state index contributed by atoms with van der Waals surface area (Å²) in [5.74, 6) is -1.87. The normalized spacial score (nSPS) is 11.1. The lowest BCUT2D eigenvalue weighted by atomic mass is 10.1. The van der Waals surface area contributed by atoms with Crippen molar-refractivity contribution in [3.8, 4) is 0 Å². The molecular formula is C20H22F3N3O2. The van der Waals surface area contributed by atoms with Crippen LogP contribution in [0.4, 0.5) is 30.2 Å². The first-order chi connectivity index (χ1) is 13.2. The third kappa shape index (κ3) is 5.25. The van der Waals surface area contributed by atoms with E-state index in [0.29, 0.717) is 5.69 Å². The minimum Gasteiger partial charge on any atom is -0.372 e. The van der Waals surface area contributed by atoms with Crippen LogP contribution in [0.5, 0.6) is 0 Å². The molecule has 8 heteroatoms. The molecule has 150 valence electrons. The Hall–Kier alpha value is -3.03. The summed E-state index contributed by atoms with van der Waals surface area (Å²) in [5, 5.41) is 4.80. The van der Waals surface area contributed by atoms with Gasteiger partial charge < -0.3 is 15.5 Å². The van der Waals surface area contributed by atoms with Gasteiger partial charge in [-0.15, -0.1) is 0 Å². The van der Waals surface area contributed by atoms with E-state index in [-0.39, 0.29) is 5.69 Å². The van der Waals surface area contributed by atoms with Crippen molar-refractivity contribution in [1.29, 1.82) is 0 Å². The van der Waals surface area contributed by atoms with Gasteiger partial charge in [-0.2, -0.15) is 13.2 Å². The highest BCUT2D eigenvalue weighted by molar-refractivity contribution is 6.43.